The third-order valence-electron chi connectivity index (χ3n) is 2.85. The van der Waals surface area contributed by atoms with E-state index in [0.29, 0.717) is 23.6 Å². The number of benzene rings is 1. The van der Waals surface area contributed by atoms with Gasteiger partial charge in [0.05, 0.1) is 13.3 Å². The molecule has 0 bridgehead atoms. The molecule has 2 rings (SSSR count). The number of rotatable bonds is 6. The fraction of sp³-hybridized carbons (Fsp3) is 0.267. The van der Waals surface area contributed by atoms with Crippen LogP contribution in [0.3, 0.4) is 0 Å². The molecule has 0 spiro atoms. The van der Waals surface area contributed by atoms with E-state index in [0.717, 1.165) is 12.1 Å². The zero-order valence-electron chi connectivity index (χ0n) is 11.3. The molecular formula is C15H17FN2O2. The van der Waals surface area contributed by atoms with Gasteiger partial charge < -0.3 is 15.2 Å². The van der Waals surface area contributed by atoms with Crippen molar-refractivity contribution in [2.75, 3.05) is 13.7 Å². The zero-order valence-corrected chi connectivity index (χ0v) is 11.3. The average Bonchev–Trinajstić information content (AvgIpc) is 2.48. The first-order chi connectivity index (χ1) is 9.72. The first-order valence-corrected chi connectivity index (χ1v) is 6.33. The van der Waals surface area contributed by atoms with E-state index in [1.807, 2.05) is 6.07 Å². The normalized spacial score (nSPS) is 10.3. The quantitative estimate of drug-likeness (QED) is 0.879. The molecule has 0 radical (unpaired) electrons. The number of aromatic nitrogens is 1. The van der Waals surface area contributed by atoms with Gasteiger partial charge in [-0.05, 0) is 30.8 Å². The first-order valence-electron chi connectivity index (χ1n) is 6.33. The lowest BCUT2D eigenvalue weighted by Gasteiger charge is -2.08. The Morgan fingerprint density at radius 2 is 2.00 bits per heavy atom. The Labute approximate surface area is 117 Å². The van der Waals surface area contributed by atoms with E-state index in [4.69, 9.17) is 15.2 Å². The summed E-state index contributed by atoms with van der Waals surface area (Å²) in [7, 11) is 1.50. The van der Waals surface area contributed by atoms with Crippen molar-refractivity contribution in [1.29, 1.82) is 0 Å². The van der Waals surface area contributed by atoms with Gasteiger partial charge in [0.2, 0.25) is 0 Å². The molecule has 2 N–H and O–H groups in total. The minimum atomic E-state index is -0.350. The second-order valence-electron chi connectivity index (χ2n) is 4.27. The monoisotopic (exact) mass is 276 g/mol. The number of halogens is 1. The van der Waals surface area contributed by atoms with Gasteiger partial charge in [0.25, 0.3) is 0 Å². The van der Waals surface area contributed by atoms with Gasteiger partial charge in [-0.25, -0.2) is 4.39 Å². The largest absolute Gasteiger partial charge is 0.497 e. The van der Waals surface area contributed by atoms with E-state index >= 15 is 0 Å². The number of nitrogens with two attached hydrogens (primary N) is 1. The average molecular weight is 276 g/mol. The van der Waals surface area contributed by atoms with Crippen molar-refractivity contribution in [3.05, 3.63) is 53.6 Å². The molecule has 106 valence electrons. The zero-order chi connectivity index (χ0) is 14.4. The predicted molar refractivity (Wildman–Crippen MR) is 74.3 cm³/mol. The number of pyridine rings is 1. The van der Waals surface area contributed by atoms with Crippen molar-refractivity contribution in [1.82, 2.24) is 4.98 Å². The van der Waals surface area contributed by atoms with Crippen LogP contribution in [0.25, 0.3) is 0 Å². The summed E-state index contributed by atoms with van der Waals surface area (Å²) in [6, 6.07) is 8.34. The molecule has 0 atom stereocenters. The van der Waals surface area contributed by atoms with E-state index < -0.39 is 0 Å². The van der Waals surface area contributed by atoms with Crippen LogP contribution >= 0.6 is 0 Å². The molecule has 0 unspecified atom stereocenters. The van der Waals surface area contributed by atoms with Gasteiger partial charge in [0.15, 0.2) is 0 Å². The number of ether oxygens (including phenoxy) is 2. The summed E-state index contributed by atoms with van der Waals surface area (Å²) in [5.74, 6) is 0.733. The van der Waals surface area contributed by atoms with Gasteiger partial charge in [0, 0.05) is 23.7 Å². The SMILES string of the molecule is COc1ccc(COc2ccc(CCN)nc2)c(F)c1. The lowest BCUT2D eigenvalue weighted by Crippen LogP contribution is -2.04. The van der Waals surface area contributed by atoms with E-state index in [9.17, 15) is 4.39 Å². The van der Waals surface area contributed by atoms with Crippen LogP contribution < -0.4 is 15.2 Å². The Bertz CT molecular complexity index is 558. The summed E-state index contributed by atoms with van der Waals surface area (Å²) in [6.45, 7) is 0.706. The van der Waals surface area contributed by atoms with Crippen molar-refractivity contribution >= 4 is 0 Å². The third kappa shape index (κ3) is 3.68. The Kier molecular flexibility index (Phi) is 4.90. The number of methoxy groups -OCH3 is 1. The lowest BCUT2D eigenvalue weighted by atomic mass is 10.2. The molecule has 5 heteroatoms. The first kappa shape index (κ1) is 14.3. The van der Waals surface area contributed by atoms with Crippen LogP contribution in [0.4, 0.5) is 4.39 Å². The molecular weight excluding hydrogens is 259 g/mol. The van der Waals surface area contributed by atoms with Crippen LogP contribution in [0, 0.1) is 5.82 Å². The highest BCUT2D eigenvalue weighted by atomic mass is 19.1. The summed E-state index contributed by atoms with van der Waals surface area (Å²) >= 11 is 0. The summed E-state index contributed by atoms with van der Waals surface area (Å²) < 4.78 is 24.2. The maximum absolute atomic E-state index is 13.7. The van der Waals surface area contributed by atoms with Crippen LogP contribution in [-0.2, 0) is 13.0 Å². The van der Waals surface area contributed by atoms with Crippen molar-refractivity contribution < 1.29 is 13.9 Å². The van der Waals surface area contributed by atoms with Gasteiger partial charge in [-0.3, -0.25) is 4.98 Å². The van der Waals surface area contributed by atoms with Crippen molar-refractivity contribution in [2.24, 2.45) is 5.73 Å². The van der Waals surface area contributed by atoms with Crippen LogP contribution in [0.5, 0.6) is 11.5 Å². The highest BCUT2D eigenvalue weighted by molar-refractivity contribution is 5.29. The predicted octanol–water partition coefficient (Wildman–Crippen LogP) is 2.31. The molecule has 0 saturated carbocycles. The van der Waals surface area contributed by atoms with Gasteiger partial charge in [-0.1, -0.05) is 0 Å². The Morgan fingerprint density at radius 3 is 2.60 bits per heavy atom. The molecule has 1 heterocycles. The van der Waals surface area contributed by atoms with E-state index in [-0.39, 0.29) is 12.4 Å². The maximum atomic E-state index is 13.7. The number of hydrogen-bond acceptors (Lipinski definition) is 4. The van der Waals surface area contributed by atoms with Crippen molar-refractivity contribution in [2.45, 2.75) is 13.0 Å². The molecule has 1 aromatic carbocycles. The van der Waals surface area contributed by atoms with E-state index in [2.05, 4.69) is 4.98 Å². The fourth-order valence-electron chi connectivity index (χ4n) is 1.73. The van der Waals surface area contributed by atoms with Gasteiger partial charge in [0.1, 0.15) is 23.9 Å². The molecule has 0 amide bonds. The summed E-state index contributed by atoms with van der Waals surface area (Å²) in [5, 5.41) is 0. The molecule has 4 nitrogen and oxygen atoms in total. The second-order valence-corrected chi connectivity index (χ2v) is 4.27. The van der Waals surface area contributed by atoms with Gasteiger partial charge in [-0.2, -0.15) is 0 Å². The van der Waals surface area contributed by atoms with Crippen LogP contribution in [-0.4, -0.2) is 18.6 Å². The maximum Gasteiger partial charge on any atom is 0.138 e. The molecule has 0 aliphatic carbocycles. The molecule has 1 aromatic heterocycles. The smallest absolute Gasteiger partial charge is 0.138 e. The Hall–Kier alpha value is -2.14. The van der Waals surface area contributed by atoms with Gasteiger partial charge >= 0.3 is 0 Å². The highest BCUT2D eigenvalue weighted by Gasteiger charge is 2.05. The van der Waals surface area contributed by atoms with Crippen LogP contribution in [0.2, 0.25) is 0 Å². The van der Waals surface area contributed by atoms with Crippen molar-refractivity contribution in [3.63, 3.8) is 0 Å². The minimum absolute atomic E-state index is 0.147. The number of nitrogens with zero attached hydrogens (tertiary/aromatic N) is 1. The third-order valence-corrected chi connectivity index (χ3v) is 2.85. The molecule has 2 aromatic rings. The minimum Gasteiger partial charge on any atom is -0.497 e. The Balaban J connectivity index is 1.97. The summed E-state index contributed by atoms with van der Waals surface area (Å²) in [6.07, 6.45) is 2.35. The molecule has 0 aliphatic heterocycles. The second kappa shape index (κ2) is 6.86. The summed E-state index contributed by atoms with van der Waals surface area (Å²) in [5.41, 5.74) is 6.83. The molecule has 0 fully saturated rings. The number of hydrogen-bond donors (Lipinski definition) is 1. The Morgan fingerprint density at radius 1 is 1.20 bits per heavy atom. The summed E-state index contributed by atoms with van der Waals surface area (Å²) in [4.78, 5) is 4.21. The van der Waals surface area contributed by atoms with Crippen LogP contribution in [0.15, 0.2) is 36.5 Å². The topological polar surface area (TPSA) is 57.4 Å². The lowest BCUT2D eigenvalue weighted by molar-refractivity contribution is 0.298. The van der Waals surface area contributed by atoms with Crippen LogP contribution in [0.1, 0.15) is 11.3 Å². The molecule has 0 saturated heterocycles. The highest BCUT2D eigenvalue weighted by Crippen LogP contribution is 2.18. The molecule has 20 heavy (non-hydrogen) atoms. The fourth-order valence-corrected chi connectivity index (χ4v) is 1.73. The standard InChI is InChI=1S/C15H17FN2O2/c1-19-13-4-2-11(15(16)8-13)10-20-14-5-3-12(6-7-17)18-9-14/h2-5,8-9H,6-7,10,17H2,1H3. The molecule has 0 aliphatic rings. The van der Waals surface area contributed by atoms with E-state index in [1.54, 1.807) is 24.4 Å². The van der Waals surface area contributed by atoms with E-state index in [1.165, 1.54) is 13.2 Å². The van der Waals surface area contributed by atoms with Gasteiger partial charge in [-0.15, -0.1) is 0 Å². The van der Waals surface area contributed by atoms with Crippen molar-refractivity contribution in [3.8, 4) is 11.5 Å².